The van der Waals surface area contributed by atoms with Crippen LogP contribution in [-0.4, -0.2) is 24.3 Å². The predicted molar refractivity (Wildman–Crippen MR) is 74.5 cm³/mol. The van der Waals surface area contributed by atoms with Gasteiger partial charge in [-0.25, -0.2) is 0 Å². The number of aliphatic hydroxyl groups excluding tert-OH is 1. The molecule has 0 rings (SSSR count). The lowest BCUT2D eigenvalue weighted by Gasteiger charge is -2.03. The molecule has 0 aromatic rings. The van der Waals surface area contributed by atoms with E-state index < -0.39 is 0 Å². The molecule has 18 heavy (non-hydrogen) atoms. The highest BCUT2D eigenvalue weighted by Gasteiger charge is 2.01. The quantitative estimate of drug-likeness (QED) is 0.403. The van der Waals surface area contributed by atoms with Crippen LogP contribution in [0.4, 0.5) is 0 Å². The summed E-state index contributed by atoms with van der Waals surface area (Å²) >= 11 is 0. The number of hydrogen-bond donors (Lipinski definition) is 1. The van der Waals surface area contributed by atoms with Crippen molar-refractivity contribution in [3.05, 3.63) is 0 Å². The lowest BCUT2D eigenvalue weighted by Crippen LogP contribution is -2.04. The van der Waals surface area contributed by atoms with Gasteiger partial charge in [-0.2, -0.15) is 0 Å². The molecule has 0 saturated carbocycles. The third-order valence-electron chi connectivity index (χ3n) is 3.01. The third kappa shape index (κ3) is 13.5. The van der Waals surface area contributed by atoms with Crippen molar-refractivity contribution >= 4 is 5.97 Å². The van der Waals surface area contributed by atoms with E-state index in [2.05, 4.69) is 0 Å². The molecule has 3 heteroatoms. The van der Waals surface area contributed by atoms with Crippen LogP contribution < -0.4 is 0 Å². The van der Waals surface area contributed by atoms with E-state index >= 15 is 0 Å². The van der Waals surface area contributed by atoms with Gasteiger partial charge in [-0.05, 0) is 19.3 Å². The maximum atomic E-state index is 11.2. The Kier molecular flexibility index (Phi) is 14.0. The maximum Gasteiger partial charge on any atom is 0.305 e. The molecule has 0 spiro atoms. The molecule has 3 nitrogen and oxygen atoms in total. The van der Waals surface area contributed by atoms with Crippen molar-refractivity contribution in [3.63, 3.8) is 0 Å². The van der Waals surface area contributed by atoms with E-state index in [4.69, 9.17) is 9.84 Å². The van der Waals surface area contributed by atoms with Gasteiger partial charge in [0, 0.05) is 13.0 Å². The van der Waals surface area contributed by atoms with E-state index in [9.17, 15) is 4.79 Å². The van der Waals surface area contributed by atoms with Gasteiger partial charge in [-0.3, -0.25) is 4.79 Å². The average molecular weight is 258 g/mol. The minimum atomic E-state index is -0.0409. The summed E-state index contributed by atoms with van der Waals surface area (Å²) < 4.78 is 5.01. The summed E-state index contributed by atoms with van der Waals surface area (Å²) in [7, 11) is 0. The maximum absolute atomic E-state index is 11.2. The molecule has 0 aromatic carbocycles. The Bertz CT molecular complexity index is 181. The van der Waals surface area contributed by atoms with Gasteiger partial charge in [0.25, 0.3) is 0 Å². The number of aliphatic hydroxyl groups is 1. The van der Waals surface area contributed by atoms with Crippen LogP contribution in [0, 0.1) is 0 Å². The minimum Gasteiger partial charge on any atom is -0.466 e. The van der Waals surface area contributed by atoms with Crippen LogP contribution in [0.25, 0.3) is 0 Å². The highest BCUT2D eigenvalue weighted by Crippen LogP contribution is 2.10. The van der Waals surface area contributed by atoms with Crippen molar-refractivity contribution in [3.8, 4) is 0 Å². The Hall–Kier alpha value is -0.570. The fourth-order valence-electron chi connectivity index (χ4n) is 1.91. The normalized spacial score (nSPS) is 10.6. The van der Waals surface area contributed by atoms with Crippen molar-refractivity contribution in [1.29, 1.82) is 0 Å². The van der Waals surface area contributed by atoms with E-state index in [1.54, 1.807) is 0 Å². The van der Waals surface area contributed by atoms with E-state index in [-0.39, 0.29) is 5.97 Å². The number of carbonyl (C=O) groups excluding carboxylic acids is 1. The molecule has 0 amide bonds. The number of ether oxygens (including phenoxy) is 1. The predicted octanol–water partition coefficient (Wildman–Crippen LogP) is 3.83. The zero-order valence-corrected chi connectivity index (χ0v) is 12.0. The van der Waals surface area contributed by atoms with Crippen LogP contribution in [0.3, 0.4) is 0 Å². The molecular formula is C15H30O3. The van der Waals surface area contributed by atoms with Crippen molar-refractivity contribution in [2.45, 2.75) is 77.6 Å². The first-order valence-electron chi connectivity index (χ1n) is 7.57. The Morgan fingerprint density at radius 2 is 1.39 bits per heavy atom. The monoisotopic (exact) mass is 258 g/mol. The SMILES string of the molecule is CCCOC(=O)CCCCCCCCCCCO. The summed E-state index contributed by atoms with van der Waals surface area (Å²) in [5.41, 5.74) is 0. The smallest absolute Gasteiger partial charge is 0.305 e. The van der Waals surface area contributed by atoms with Gasteiger partial charge in [-0.15, -0.1) is 0 Å². The first-order valence-corrected chi connectivity index (χ1v) is 7.57. The van der Waals surface area contributed by atoms with E-state index in [0.717, 1.165) is 32.1 Å². The zero-order chi connectivity index (χ0) is 13.5. The highest BCUT2D eigenvalue weighted by atomic mass is 16.5. The molecule has 0 saturated heterocycles. The first-order chi connectivity index (χ1) is 8.81. The second-order valence-electron chi connectivity index (χ2n) is 4.88. The summed E-state index contributed by atoms with van der Waals surface area (Å²) in [5.74, 6) is -0.0409. The molecule has 0 radical (unpaired) electrons. The molecule has 1 N–H and O–H groups in total. The average Bonchev–Trinajstić information content (AvgIpc) is 2.38. The largest absolute Gasteiger partial charge is 0.466 e. The van der Waals surface area contributed by atoms with Crippen molar-refractivity contribution in [2.24, 2.45) is 0 Å². The molecule has 0 aliphatic rings. The molecule has 0 aliphatic carbocycles. The van der Waals surface area contributed by atoms with Crippen molar-refractivity contribution in [1.82, 2.24) is 0 Å². The lowest BCUT2D eigenvalue weighted by molar-refractivity contribution is -0.143. The minimum absolute atomic E-state index is 0.0409. The van der Waals surface area contributed by atoms with Gasteiger partial charge >= 0.3 is 5.97 Å². The third-order valence-corrected chi connectivity index (χ3v) is 3.01. The number of carbonyl (C=O) groups is 1. The summed E-state index contributed by atoms with van der Waals surface area (Å²) in [5, 5.41) is 8.63. The van der Waals surface area contributed by atoms with Crippen molar-refractivity contribution < 1.29 is 14.6 Å². The number of esters is 1. The number of unbranched alkanes of at least 4 members (excludes halogenated alkanes) is 8. The number of rotatable bonds is 13. The van der Waals surface area contributed by atoms with Crippen LogP contribution in [0.5, 0.6) is 0 Å². The molecular weight excluding hydrogens is 228 g/mol. The van der Waals surface area contributed by atoms with Crippen LogP contribution in [0.2, 0.25) is 0 Å². The van der Waals surface area contributed by atoms with Gasteiger partial charge in [0.2, 0.25) is 0 Å². The molecule has 0 aliphatic heterocycles. The second kappa shape index (κ2) is 14.5. The summed E-state index contributed by atoms with van der Waals surface area (Å²) in [6.45, 7) is 2.90. The molecule has 0 fully saturated rings. The second-order valence-corrected chi connectivity index (χ2v) is 4.88. The van der Waals surface area contributed by atoms with Crippen molar-refractivity contribution in [2.75, 3.05) is 13.2 Å². The van der Waals surface area contributed by atoms with Crippen LogP contribution in [0.15, 0.2) is 0 Å². The van der Waals surface area contributed by atoms with E-state index in [1.807, 2.05) is 6.92 Å². The van der Waals surface area contributed by atoms with Gasteiger partial charge in [-0.1, -0.05) is 51.9 Å². The van der Waals surface area contributed by atoms with Crippen LogP contribution in [0.1, 0.15) is 77.6 Å². The highest BCUT2D eigenvalue weighted by molar-refractivity contribution is 5.69. The summed E-state index contributed by atoms with van der Waals surface area (Å²) in [6, 6.07) is 0. The summed E-state index contributed by atoms with van der Waals surface area (Å²) in [6.07, 6.45) is 12.0. The van der Waals surface area contributed by atoms with Crippen LogP contribution in [-0.2, 0) is 9.53 Å². The lowest BCUT2D eigenvalue weighted by atomic mass is 10.1. The Labute approximate surface area is 112 Å². The Morgan fingerprint density at radius 1 is 0.889 bits per heavy atom. The molecule has 0 bridgehead atoms. The topological polar surface area (TPSA) is 46.5 Å². The molecule has 0 unspecified atom stereocenters. The van der Waals surface area contributed by atoms with E-state index in [1.165, 1.54) is 32.1 Å². The van der Waals surface area contributed by atoms with E-state index in [0.29, 0.717) is 19.6 Å². The van der Waals surface area contributed by atoms with Crippen LogP contribution >= 0.6 is 0 Å². The summed E-state index contributed by atoms with van der Waals surface area (Å²) in [4.78, 5) is 11.2. The molecule has 108 valence electrons. The first kappa shape index (κ1) is 17.4. The van der Waals surface area contributed by atoms with Gasteiger partial charge < -0.3 is 9.84 Å². The van der Waals surface area contributed by atoms with Gasteiger partial charge in [0.1, 0.15) is 0 Å². The Morgan fingerprint density at radius 3 is 1.89 bits per heavy atom. The fraction of sp³-hybridized carbons (Fsp3) is 0.933. The molecule has 0 heterocycles. The molecule has 0 atom stereocenters. The Balaban J connectivity index is 3.04. The molecule has 0 aromatic heterocycles. The van der Waals surface area contributed by atoms with Gasteiger partial charge in [0.05, 0.1) is 6.61 Å². The number of hydrogen-bond acceptors (Lipinski definition) is 3. The standard InChI is InChI=1S/C15H30O3/c1-2-14-18-15(17)12-10-8-6-4-3-5-7-9-11-13-16/h16H,2-14H2,1H3. The fourth-order valence-corrected chi connectivity index (χ4v) is 1.91. The zero-order valence-electron chi connectivity index (χ0n) is 12.0. The van der Waals surface area contributed by atoms with Gasteiger partial charge in [0.15, 0.2) is 0 Å².